The van der Waals surface area contributed by atoms with Crippen LogP contribution >= 0.6 is 0 Å². The Labute approximate surface area is 137 Å². The van der Waals surface area contributed by atoms with Crippen molar-refractivity contribution in [3.05, 3.63) is 36.7 Å². The van der Waals surface area contributed by atoms with Gasteiger partial charge in [-0.3, -0.25) is 10.1 Å². The van der Waals surface area contributed by atoms with Crippen LogP contribution in [0.3, 0.4) is 0 Å². The zero-order chi connectivity index (χ0) is 16.9. The van der Waals surface area contributed by atoms with Gasteiger partial charge in [0.05, 0.1) is 18.5 Å². The van der Waals surface area contributed by atoms with Crippen LogP contribution in [0.15, 0.2) is 36.7 Å². The number of carbonyl (C=O) groups excluding carboxylic acids is 2. The molecular weight excluding hydrogens is 312 g/mol. The molecule has 2 heterocycles. The third-order valence-electron chi connectivity index (χ3n) is 3.20. The van der Waals surface area contributed by atoms with E-state index in [0.717, 1.165) is 10.9 Å². The van der Waals surface area contributed by atoms with E-state index in [2.05, 4.69) is 25.8 Å². The van der Waals surface area contributed by atoms with Gasteiger partial charge < -0.3 is 15.0 Å². The zero-order valence-corrected chi connectivity index (χ0v) is 12.9. The van der Waals surface area contributed by atoms with E-state index in [4.69, 9.17) is 4.74 Å². The molecule has 0 saturated heterocycles. The third kappa shape index (κ3) is 3.51. The number of aromatic nitrogens is 4. The number of amides is 2. The van der Waals surface area contributed by atoms with Crippen LogP contribution < -0.4 is 10.6 Å². The average Bonchev–Trinajstić information content (AvgIpc) is 3.17. The van der Waals surface area contributed by atoms with E-state index >= 15 is 0 Å². The fraction of sp³-hybridized carbons (Fsp3) is 0.200. The van der Waals surface area contributed by atoms with Gasteiger partial charge in [-0.25, -0.2) is 4.79 Å². The Kier molecular flexibility index (Phi) is 4.41. The first-order chi connectivity index (χ1) is 11.7. The molecule has 9 heteroatoms. The predicted molar refractivity (Wildman–Crippen MR) is 87.6 cm³/mol. The second-order valence-electron chi connectivity index (χ2n) is 4.90. The molecule has 0 aliphatic heterocycles. The van der Waals surface area contributed by atoms with Gasteiger partial charge in [0.25, 0.3) is 0 Å². The standard InChI is InChI=1S/C15H16N6O3/c1-2-24-15(23)19-13-8-17-21(20-13)9-14(22)18-12-5-3-4-11-10(12)6-7-16-11/h3-8,16H,2,9H2,1H3,(H,18,22)(H,19,20,23). The van der Waals surface area contributed by atoms with E-state index in [1.807, 2.05) is 30.5 Å². The molecule has 3 aromatic rings. The monoisotopic (exact) mass is 328 g/mol. The highest BCUT2D eigenvalue weighted by Crippen LogP contribution is 2.21. The molecule has 0 bridgehead atoms. The minimum absolute atomic E-state index is 0.0781. The van der Waals surface area contributed by atoms with Crippen molar-refractivity contribution in [2.75, 3.05) is 17.2 Å². The Morgan fingerprint density at radius 3 is 3.00 bits per heavy atom. The summed E-state index contributed by atoms with van der Waals surface area (Å²) in [5, 5.41) is 14.1. The number of carbonyl (C=O) groups is 2. The summed E-state index contributed by atoms with van der Waals surface area (Å²) in [5.74, 6) is -0.0593. The third-order valence-corrected chi connectivity index (χ3v) is 3.20. The first-order valence-corrected chi connectivity index (χ1v) is 7.35. The molecule has 0 aliphatic carbocycles. The molecule has 0 fully saturated rings. The number of aromatic amines is 1. The predicted octanol–water partition coefficient (Wildman–Crippen LogP) is 1.97. The molecule has 3 N–H and O–H groups in total. The maximum absolute atomic E-state index is 12.1. The van der Waals surface area contributed by atoms with Crippen LogP contribution in [-0.2, 0) is 16.1 Å². The van der Waals surface area contributed by atoms with Gasteiger partial charge >= 0.3 is 6.09 Å². The summed E-state index contributed by atoms with van der Waals surface area (Å²) >= 11 is 0. The zero-order valence-electron chi connectivity index (χ0n) is 12.9. The van der Waals surface area contributed by atoms with Gasteiger partial charge in [0.1, 0.15) is 6.54 Å². The highest BCUT2D eigenvalue weighted by atomic mass is 16.5. The molecule has 2 aromatic heterocycles. The van der Waals surface area contributed by atoms with Crippen molar-refractivity contribution in [3.63, 3.8) is 0 Å². The number of ether oxygens (including phenoxy) is 1. The maximum atomic E-state index is 12.1. The number of nitrogens with zero attached hydrogens (tertiary/aromatic N) is 3. The summed E-state index contributed by atoms with van der Waals surface area (Å²) in [6.07, 6.45) is 2.54. The molecular formula is C15H16N6O3. The summed E-state index contributed by atoms with van der Waals surface area (Å²) in [5.41, 5.74) is 1.64. The second kappa shape index (κ2) is 6.82. The fourth-order valence-electron chi connectivity index (χ4n) is 2.22. The minimum atomic E-state index is -0.617. The number of nitrogens with one attached hydrogen (secondary N) is 3. The van der Waals surface area contributed by atoms with Gasteiger partial charge in [0, 0.05) is 17.1 Å². The molecule has 1 aromatic carbocycles. The van der Waals surface area contributed by atoms with E-state index in [0.29, 0.717) is 5.69 Å². The number of anilines is 2. The number of benzene rings is 1. The molecule has 0 atom stereocenters. The quantitative estimate of drug-likeness (QED) is 0.662. The fourth-order valence-corrected chi connectivity index (χ4v) is 2.22. The summed E-state index contributed by atoms with van der Waals surface area (Å²) in [4.78, 5) is 27.7. The molecule has 24 heavy (non-hydrogen) atoms. The lowest BCUT2D eigenvalue weighted by Gasteiger charge is -2.06. The maximum Gasteiger partial charge on any atom is 0.412 e. The molecule has 0 spiro atoms. The van der Waals surface area contributed by atoms with E-state index in [1.54, 1.807) is 6.92 Å². The summed E-state index contributed by atoms with van der Waals surface area (Å²) in [6.45, 7) is 1.88. The molecule has 3 rings (SSSR count). The first-order valence-electron chi connectivity index (χ1n) is 7.35. The lowest BCUT2D eigenvalue weighted by Crippen LogP contribution is -2.20. The van der Waals surface area contributed by atoms with Crippen LogP contribution in [0.4, 0.5) is 16.3 Å². The van der Waals surface area contributed by atoms with Crippen molar-refractivity contribution < 1.29 is 14.3 Å². The summed E-state index contributed by atoms with van der Waals surface area (Å²) in [6, 6.07) is 7.48. The Hall–Kier alpha value is -3.36. The number of hydrogen-bond donors (Lipinski definition) is 3. The van der Waals surface area contributed by atoms with Crippen molar-refractivity contribution in [1.82, 2.24) is 20.0 Å². The normalized spacial score (nSPS) is 10.5. The van der Waals surface area contributed by atoms with Crippen LogP contribution in [0.5, 0.6) is 0 Å². The van der Waals surface area contributed by atoms with E-state index in [1.165, 1.54) is 11.0 Å². The van der Waals surface area contributed by atoms with Gasteiger partial charge in [0.15, 0.2) is 5.82 Å². The first kappa shape index (κ1) is 15.5. The Bertz CT molecular complexity index is 869. The van der Waals surface area contributed by atoms with Crippen LogP contribution in [0.2, 0.25) is 0 Å². The second-order valence-corrected chi connectivity index (χ2v) is 4.90. The molecule has 0 unspecified atom stereocenters. The summed E-state index contributed by atoms with van der Waals surface area (Å²) in [7, 11) is 0. The molecule has 0 radical (unpaired) electrons. The Morgan fingerprint density at radius 2 is 2.17 bits per heavy atom. The van der Waals surface area contributed by atoms with Crippen molar-refractivity contribution in [1.29, 1.82) is 0 Å². The SMILES string of the molecule is CCOC(=O)Nc1cnn(CC(=O)Nc2cccc3[nH]ccc23)n1. The Morgan fingerprint density at radius 1 is 1.29 bits per heavy atom. The van der Waals surface area contributed by atoms with Gasteiger partial charge in [-0.2, -0.15) is 9.90 Å². The van der Waals surface area contributed by atoms with Crippen LogP contribution in [0.25, 0.3) is 10.9 Å². The number of fused-ring (bicyclic) bond motifs is 1. The van der Waals surface area contributed by atoms with Crippen LogP contribution in [0.1, 0.15) is 6.92 Å². The van der Waals surface area contributed by atoms with Gasteiger partial charge in [0.2, 0.25) is 5.91 Å². The van der Waals surface area contributed by atoms with Crippen molar-refractivity contribution >= 4 is 34.4 Å². The van der Waals surface area contributed by atoms with Crippen LogP contribution in [0, 0.1) is 0 Å². The molecule has 2 amide bonds. The van der Waals surface area contributed by atoms with E-state index in [-0.39, 0.29) is 24.9 Å². The van der Waals surface area contributed by atoms with Gasteiger partial charge in [-0.1, -0.05) is 6.07 Å². The number of hydrogen-bond acceptors (Lipinski definition) is 5. The molecule has 9 nitrogen and oxygen atoms in total. The highest BCUT2D eigenvalue weighted by Gasteiger charge is 2.10. The van der Waals surface area contributed by atoms with Crippen molar-refractivity contribution in [2.24, 2.45) is 0 Å². The van der Waals surface area contributed by atoms with E-state index in [9.17, 15) is 9.59 Å². The molecule has 0 aliphatic rings. The topological polar surface area (TPSA) is 114 Å². The average molecular weight is 328 g/mol. The number of H-pyrrole nitrogens is 1. The van der Waals surface area contributed by atoms with Crippen molar-refractivity contribution in [2.45, 2.75) is 13.5 Å². The molecule has 124 valence electrons. The summed E-state index contributed by atoms with van der Waals surface area (Å²) < 4.78 is 4.74. The van der Waals surface area contributed by atoms with Gasteiger partial charge in [-0.05, 0) is 25.1 Å². The van der Waals surface area contributed by atoms with Gasteiger partial charge in [-0.15, -0.1) is 5.10 Å². The minimum Gasteiger partial charge on any atom is -0.450 e. The highest BCUT2D eigenvalue weighted by molar-refractivity contribution is 6.01. The van der Waals surface area contributed by atoms with Crippen LogP contribution in [-0.4, -0.2) is 38.6 Å². The van der Waals surface area contributed by atoms with E-state index < -0.39 is 6.09 Å². The lowest BCUT2D eigenvalue weighted by atomic mass is 10.2. The molecule has 0 saturated carbocycles. The largest absolute Gasteiger partial charge is 0.450 e. The Balaban J connectivity index is 1.62. The lowest BCUT2D eigenvalue weighted by molar-refractivity contribution is -0.117. The van der Waals surface area contributed by atoms with Crippen molar-refractivity contribution in [3.8, 4) is 0 Å². The number of rotatable bonds is 5. The smallest absolute Gasteiger partial charge is 0.412 e.